The van der Waals surface area contributed by atoms with E-state index >= 15 is 0 Å². The summed E-state index contributed by atoms with van der Waals surface area (Å²) in [6.45, 7) is 8.27. The maximum atomic E-state index is 13.4. The summed E-state index contributed by atoms with van der Waals surface area (Å²) < 4.78 is 6.27. The van der Waals surface area contributed by atoms with E-state index in [1.807, 2.05) is 15.9 Å². The Hall–Kier alpha value is -1.40. The molecule has 0 aliphatic carbocycles. The number of rotatable bonds is 4. The zero-order valence-electron chi connectivity index (χ0n) is 16.2. The van der Waals surface area contributed by atoms with Gasteiger partial charge in [0, 0.05) is 25.7 Å². The van der Waals surface area contributed by atoms with Crippen molar-refractivity contribution in [1.29, 1.82) is 0 Å². The molecule has 0 N–H and O–H groups in total. The summed E-state index contributed by atoms with van der Waals surface area (Å²) in [5.74, 6) is -0.459. The smallest absolute Gasteiger partial charge is 0.230 e. The summed E-state index contributed by atoms with van der Waals surface area (Å²) in [6, 6.07) is 0.237. The molecular formula is C20H31N3O3. The Morgan fingerprint density at radius 2 is 2.04 bits per heavy atom. The number of hydrogen-bond donors (Lipinski definition) is 0. The van der Waals surface area contributed by atoms with Gasteiger partial charge in [-0.2, -0.15) is 0 Å². The molecule has 144 valence electrons. The molecule has 3 fully saturated rings. The molecule has 2 amide bonds. The zero-order valence-corrected chi connectivity index (χ0v) is 16.2. The van der Waals surface area contributed by atoms with Crippen molar-refractivity contribution < 1.29 is 14.3 Å². The molecule has 4 heterocycles. The Balaban J connectivity index is 1.58. The van der Waals surface area contributed by atoms with Crippen LogP contribution in [-0.4, -0.2) is 84.0 Å². The van der Waals surface area contributed by atoms with Gasteiger partial charge in [0.1, 0.15) is 5.60 Å². The fraction of sp³-hybridized carbons (Fsp3) is 0.800. The van der Waals surface area contributed by atoms with E-state index in [2.05, 4.69) is 31.9 Å². The predicted molar refractivity (Wildman–Crippen MR) is 98.5 cm³/mol. The van der Waals surface area contributed by atoms with E-state index < -0.39 is 5.60 Å². The van der Waals surface area contributed by atoms with Crippen LogP contribution >= 0.6 is 0 Å². The van der Waals surface area contributed by atoms with Gasteiger partial charge in [-0.1, -0.05) is 26.0 Å². The molecule has 4 aliphatic heterocycles. The number of nitrogens with zero attached hydrogens (tertiary/aromatic N) is 3. The van der Waals surface area contributed by atoms with Gasteiger partial charge < -0.3 is 19.4 Å². The number of fused-ring (bicyclic) bond motifs is 1. The number of likely N-dealkylation sites (tertiary alicyclic amines) is 1. The van der Waals surface area contributed by atoms with Crippen molar-refractivity contribution in [3.8, 4) is 0 Å². The molecular weight excluding hydrogens is 330 g/mol. The van der Waals surface area contributed by atoms with Crippen molar-refractivity contribution in [2.75, 3.05) is 39.8 Å². The number of likely N-dealkylation sites (N-methyl/N-ethyl adjacent to an activating group) is 1. The molecule has 26 heavy (non-hydrogen) atoms. The van der Waals surface area contributed by atoms with Crippen LogP contribution in [-0.2, 0) is 14.3 Å². The standard InChI is InChI=1S/C20H31N3O3/c1-4-14(5-2)23-13-20-8-7-15(26-20)16(17(20)19(23)25)18(24)22-10-6-9-21(3)11-12-22/h7-8,14-17H,4-6,9-13H2,1-3H3/t15-,16?,17?,20-/m1/s1. The minimum atomic E-state index is -0.576. The molecule has 6 heteroatoms. The highest BCUT2D eigenvalue weighted by atomic mass is 16.5. The molecule has 0 radical (unpaired) electrons. The van der Waals surface area contributed by atoms with Crippen LogP contribution in [0.25, 0.3) is 0 Å². The quantitative estimate of drug-likeness (QED) is 0.704. The van der Waals surface area contributed by atoms with Crippen LogP contribution in [0.2, 0.25) is 0 Å². The van der Waals surface area contributed by atoms with Crippen molar-refractivity contribution in [2.45, 2.75) is 50.9 Å². The normalized spacial score (nSPS) is 36.9. The third kappa shape index (κ3) is 2.61. The van der Waals surface area contributed by atoms with Gasteiger partial charge in [0.2, 0.25) is 11.8 Å². The molecule has 0 aromatic heterocycles. The molecule has 0 aromatic rings. The highest BCUT2D eigenvalue weighted by Crippen LogP contribution is 2.53. The number of carbonyl (C=O) groups excluding carboxylic acids is 2. The molecule has 6 nitrogen and oxygen atoms in total. The Bertz CT molecular complexity index is 617. The largest absolute Gasteiger partial charge is 0.360 e. The van der Waals surface area contributed by atoms with E-state index in [0.717, 1.165) is 45.4 Å². The second-order valence-electron chi connectivity index (χ2n) is 8.32. The summed E-state index contributed by atoms with van der Waals surface area (Å²) in [6.07, 6.45) is 6.71. The molecule has 2 bridgehead atoms. The van der Waals surface area contributed by atoms with E-state index in [0.29, 0.717) is 6.54 Å². The third-order valence-electron chi connectivity index (χ3n) is 6.83. The molecule has 4 rings (SSSR count). The Morgan fingerprint density at radius 1 is 1.27 bits per heavy atom. The molecule has 4 atom stereocenters. The Morgan fingerprint density at radius 3 is 2.77 bits per heavy atom. The number of carbonyl (C=O) groups is 2. The Kier molecular flexibility index (Phi) is 4.59. The minimum absolute atomic E-state index is 0.112. The first-order chi connectivity index (χ1) is 12.5. The van der Waals surface area contributed by atoms with Crippen LogP contribution in [0.5, 0.6) is 0 Å². The average Bonchev–Trinajstić information content (AvgIpc) is 3.21. The zero-order chi connectivity index (χ0) is 18.5. The van der Waals surface area contributed by atoms with Crippen LogP contribution in [0, 0.1) is 11.8 Å². The van der Waals surface area contributed by atoms with E-state index in [1.165, 1.54) is 0 Å². The van der Waals surface area contributed by atoms with Gasteiger partial charge in [-0.15, -0.1) is 0 Å². The van der Waals surface area contributed by atoms with Crippen LogP contribution in [0.3, 0.4) is 0 Å². The summed E-state index contributed by atoms with van der Waals surface area (Å²) in [5.41, 5.74) is -0.576. The molecule has 1 spiro atoms. The number of amides is 2. The van der Waals surface area contributed by atoms with Gasteiger partial charge in [0.05, 0.1) is 24.5 Å². The van der Waals surface area contributed by atoms with Crippen molar-refractivity contribution in [3.05, 3.63) is 12.2 Å². The maximum absolute atomic E-state index is 13.4. The van der Waals surface area contributed by atoms with E-state index in [9.17, 15) is 9.59 Å². The van der Waals surface area contributed by atoms with E-state index in [1.54, 1.807) is 0 Å². The highest BCUT2D eigenvalue weighted by Gasteiger charge is 2.67. The lowest BCUT2D eigenvalue weighted by molar-refractivity contribution is -0.144. The Labute approximate surface area is 156 Å². The predicted octanol–water partition coefficient (Wildman–Crippen LogP) is 1.12. The van der Waals surface area contributed by atoms with Gasteiger partial charge in [-0.25, -0.2) is 0 Å². The first kappa shape index (κ1) is 18.0. The molecule has 3 saturated heterocycles. The first-order valence-electron chi connectivity index (χ1n) is 10.2. The molecule has 0 saturated carbocycles. The lowest BCUT2D eigenvalue weighted by atomic mass is 9.76. The van der Waals surface area contributed by atoms with Crippen molar-refractivity contribution in [2.24, 2.45) is 11.8 Å². The van der Waals surface area contributed by atoms with E-state index in [-0.39, 0.29) is 35.8 Å². The summed E-state index contributed by atoms with van der Waals surface area (Å²) in [4.78, 5) is 32.9. The van der Waals surface area contributed by atoms with Crippen LogP contribution < -0.4 is 0 Å². The van der Waals surface area contributed by atoms with Gasteiger partial charge in [0.15, 0.2) is 0 Å². The van der Waals surface area contributed by atoms with Gasteiger partial charge in [-0.3, -0.25) is 9.59 Å². The lowest BCUT2D eigenvalue weighted by Crippen LogP contribution is -2.47. The first-order valence-corrected chi connectivity index (χ1v) is 10.2. The maximum Gasteiger partial charge on any atom is 0.230 e. The fourth-order valence-electron chi connectivity index (χ4n) is 5.33. The van der Waals surface area contributed by atoms with E-state index in [4.69, 9.17) is 4.74 Å². The topological polar surface area (TPSA) is 53.1 Å². The SMILES string of the molecule is CCC(CC)N1C[C@@]23C=C[C@@H](O2)C(C(=O)N2CCCN(C)CC2)C3C1=O. The van der Waals surface area contributed by atoms with Gasteiger partial charge in [0.25, 0.3) is 0 Å². The number of hydrogen-bond acceptors (Lipinski definition) is 4. The fourth-order valence-corrected chi connectivity index (χ4v) is 5.33. The summed E-state index contributed by atoms with van der Waals surface area (Å²) in [7, 11) is 2.10. The van der Waals surface area contributed by atoms with Crippen LogP contribution in [0.15, 0.2) is 12.2 Å². The second kappa shape index (κ2) is 6.64. The summed E-state index contributed by atoms with van der Waals surface area (Å²) in [5, 5.41) is 0. The molecule has 2 unspecified atom stereocenters. The average molecular weight is 361 g/mol. The molecule has 4 aliphatic rings. The van der Waals surface area contributed by atoms with Crippen LogP contribution in [0.4, 0.5) is 0 Å². The third-order valence-corrected chi connectivity index (χ3v) is 6.83. The van der Waals surface area contributed by atoms with Crippen LogP contribution in [0.1, 0.15) is 33.1 Å². The second-order valence-corrected chi connectivity index (χ2v) is 8.32. The van der Waals surface area contributed by atoms with Gasteiger partial charge >= 0.3 is 0 Å². The summed E-state index contributed by atoms with van der Waals surface area (Å²) >= 11 is 0. The monoisotopic (exact) mass is 361 g/mol. The molecule has 0 aromatic carbocycles. The lowest BCUT2D eigenvalue weighted by Gasteiger charge is -2.30. The number of ether oxygens (including phenoxy) is 1. The van der Waals surface area contributed by atoms with Crippen molar-refractivity contribution in [1.82, 2.24) is 14.7 Å². The minimum Gasteiger partial charge on any atom is -0.360 e. The highest BCUT2D eigenvalue weighted by molar-refractivity contribution is 5.93. The van der Waals surface area contributed by atoms with Gasteiger partial charge in [-0.05, 0) is 32.9 Å². The van der Waals surface area contributed by atoms with Crippen molar-refractivity contribution in [3.63, 3.8) is 0 Å². The van der Waals surface area contributed by atoms with Crippen molar-refractivity contribution >= 4 is 11.8 Å².